The van der Waals surface area contributed by atoms with Crippen molar-refractivity contribution in [3.63, 3.8) is 0 Å². The quantitative estimate of drug-likeness (QED) is 0.821. The zero-order chi connectivity index (χ0) is 14.3. The predicted molar refractivity (Wildman–Crippen MR) is 74.6 cm³/mol. The molecule has 9 heteroatoms. The molecule has 1 unspecified atom stereocenters. The van der Waals surface area contributed by atoms with Crippen LogP contribution in [0.3, 0.4) is 0 Å². The van der Waals surface area contributed by atoms with Crippen LogP contribution >= 0.6 is 11.3 Å². The van der Waals surface area contributed by atoms with Crippen LogP contribution in [0.1, 0.15) is 23.8 Å². The molecule has 7 nitrogen and oxygen atoms in total. The molecule has 0 radical (unpaired) electrons. The first kappa shape index (κ1) is 13.5. The Morgan fingerprint density at radius 3 is 3.00 bits per heavy atom. The van der Waals surface area contributed by atoms with E-state index in [0.717, 1.165) is 0 Å². The van der Waals surface area contributed by atoms with Crippen LogP contribution in [0.25, 0.3) is 4.96 Å². The molecule has 0 bridgehead atoms. The maximum Gasteiger partial charge on any atom is 0.274 e. The van der Waals surface area contributed by atoms with Crippen LogP contribution in [0.5, 0.6) is 0 Å². The van der Waals surface area contributed by atoms with Crippen molar-refractivity contribution < 1.29 is 13.2 Å². The van der Waals surface area contributed by atoms with Crippen LogP contribution in [-0.2, 0) is 9.84 Å². The zero-order valence-corrected chi connectivity index (χ0v) is 12.5. The summed E-state index contributed by atoms with van der Waals surface area (Å²) >= 11 is 1.35. The average Bonchev–Trinajstić information content (AvgIpc) is 3.03. The van der Waals surface area contributed by atoms with Gasteiger partial charge in [-0.15, -0.1) is 0 Å². The van der Waals surface area contributed by atoms with Crippen LogP contribution in [0, 0.1) is 0 Å². The predicted octanol–water partition coefficient (Wildman–Crippen LogP) is 0.440. The van der Waals surface area contributed by atoms with Gasteiger partial charge in [0, 0.05) is 12.6 Å². The SMILES string of the molecule is CCN(C(=O)c1cn2ncsc2n1)C1CCS(=O)(=O)C1. The van der Waals surface area contributed by atoms with E-state index in [1.165, 1.54) is 11.3 Å². The van der Waals surface area contributed by atoms with Crippen molar-refractivity contribution >= 4 is 32.0 Å². The van der Waals surface area contributed by atoms with Crippen molar-refractivity contribution in [3.05, 3.63) is 17.4 Å². The molecule has 3 rings (SSSR count). The number of imidazole rings is 1. The molecule has 0 saturated carbocycles. The van der Waals surface area contributed by atoms with E-state index in [0.29, 0.717) is 23.6 Å². The first-order valence-electron chi connectivity index (χ1n) is 6.30. The highest BCUT2D eigenvalue weighted by Crippen LogP contribution is 2.20. The third-order valence-corrected chi connectivity index (χ3v) is 5.90. The second-order valence-electron chi connectivity index (χ2n) is 4.74. The van der Waals surface area contributed by atoms with Crippen molar-refractivity contribution in [2.45, 2.75) is 19.4 Å². The van der Waals surface area contributed by atoms with Gasteiger partial charge in [0.25, 0.3) is 5.91 Å². The Hall–Kier alpha value is -1.48. The lowest BCUT2D eigenvalue weighted by Crippen LogP contribution is -2.41. The lowest BCUT2D eigenvalue weighted by Gasteiger charge is -2.25. The summed E-state index contributed by atoms with van der Waals surface area (Å²) in [4.78, 5) is 19.0. The van der Waals surface area contributed by atoms with Crippen molar-refractivity contribution in [3.8, 4) is 0 Å². The molecule has 1 aliphatic rings. The third kappa shape index (κ3) is 2.31. The topological polar surface area (TPSA) is 84.6 Å². The van der Waals surface area contributed by atoms with Crippen molar-refractivity contribution in [1.29, 1.82) is 0 Å². The highest BCUT2D eigenvalue weighted by Gasteiger charge is 2.34. The normalized spacial score (nSPS) is 21.4. The van der Waals surface area contributed by atoms with E-state index < -0.39 is 9.84 Å². The van der Waals surface area contributed by atoms with Gasteiger partial charge in [-0.3, -0.25) is 4.79 Å². The molecule has 0 spiro atoms. The molecule has 1 atom stereocenters. The van der Waals surface area contributed by atoms with Crippen molar-refractivity contribution in [1.82, 2.24) is 19.5 Å². The fourth-order valence-corrected chi connectivity index (χ4v) is 4.81. The molecule has 0 N–H and O–H groups in total. The number of amides is 1. The average molecular weight is 314 g/mol. The van der Waals surface area contributed by atoms with Crippen LogP contribution in [-0.4, -0.2) is 57.9 Å². The van der Waals surface area contributed by atoms with Gasteiger partial charge in [-0.1, -0.05) is 11.3 Å². The Labute approximate surface area is 120 Å². The molecular formula is C11H14N4O3S2. The molecular weight excluding hydrogens is 300 g/mol. The largest absolute Gasteiger partial charge is 0.334 e. The molecule has 2 aromatic heterocycles. The van der Waals surface area contributed by atoms with E-state index in [4.69, 9.17) is 0 Å². The monoisotopic (exact) mass is 314 g/mol. The third-order valence-electron chi connectivity index (χ3n) is 3.46. The first-order valence-corrected chi connectivity index (χ1v) is 9.00. The minimum Gasteiger partial charge on any atom is -0.334 e. The minimum atomic E-state index is -3.01. The van der Waals surface area contributed by atoms with Crippen LogP contribution in [0.4, 0.5) is 0 Å². The minimum absolute atomic E-state index is 0.0487. The van der Waals surface area contributed by atoms with Crippen LogP contribution in [0.2, 0.25) is 0 Å². The second-order valence-corrected chi connectivity index (χ2v) is 7.78. The maximum absolute atomic E-state index is 12.5. The lowest BCUT2D eigenvalue weighted by molar-refractivity contribution is 0.0703. The molecule has 0 aromatic carbocycles. The molecule has 1 saturated heterocycles. The molecule has 2 aromatic rings. The Bertz CT molecular complexity index is 720. The molecule has 0 aliphatic carbocycles. The van der Waals surface area contributed by atoms with Crippen molar-refractivity contribution in [2.75, 3.05) is 18.1 Å². The Morgan fingerprint density at radius 1 is 1.60 bits per heavy atom. The second kappa shape index (κ2) is 4.81. The van der Waals surface area contributed by atoms with Gasteiger partial charge < -0.3 is 4.90 Å². The number of hydrogen-bond donors (Lipinski definition) is 0. The fraction of sp³-hybridized carbons (Fsp3) is 0.545. The van der Waals surface area contributed by atoms with E-state index in [1.54, 1.807) is 21.1 Å². The van der Waals surface area contributed by atoms with E-state index in [1.807, 2.05) is 6.92 Å². The van der Waals surface area contributed by atoms with Gasteiger partial charge in [0.15, 0.2) is 9.84 Å². The van der Waals surface area contributed by atoms with E-state index in [2.05, 4.69) is 10.1 Å². The number of nitrogens with zero attached hydrogens (tertiary/aromatic N) is 4. The zero-order valence-electron chi connectivity index (χ0n) is 10.9. The molecule has 3 heterocycles. The standard InChI is InChI=1S/C11H14N4O3S2/c1-2-14(8-3-4-20(17,18)6-8)10(16)9-5-15-11(13-9)19-7-12-15/h5,7-8H,2-4,6H2,1H3. The maximum atomic E-state index is 12.5. The van der Waals surface area contributed by atoms with Gasteiger partial charge in [-0.05, 0) is 13.3 Å². The Morgan fingerprint density at radius 2 is 2.40 bits per heavy atom. The number of sulfone groups is 1. The summed E-state index contributed by atoms with van der Waals surface area (Å²) in [6.45, 7) is 2.32. The Balaban J connectivity index is 1.85. The van der Waals surface area contributed by atoms with Gasteiger partial charge in [-0.25, -0.2) is 17.9 Å². The van der Waals surface area contributed by atoms with Gasteiger partial charge in [-0.2, -0.15) is 5.10 Å². The lowest BCUT2D eigenvalue weighted by atomic mass is 10.2. The summed E-state index contributed by atoms with van der Waals surface area (Å²) in [6.07, 6.45) is 2.09. The molecule has 1 aliphatic heterocycles. The number of aromatic nitrogens is 3. The summed E-state index contributed by atoms with van der Waals surface area (Å²) in [5.41, 5.74) is 1.97. The number of carbonyl (C=O) groups excluding carboxylic acids is 1. The summed E-state index contributed by atoms with van der Waals surface area (Å²) in [7, 11) is -3.01. The highest BCUT2D eigenvalue weighted by atomic mass is 32.2. The smallest absolute Gasteiger partial charge is 0.274 e. The summed E-state index contributed by atoms with van der Waals surface area (Å²) < 4.78 is 24.7. The van der Waals surface area contributed by atoms with Gasteiger partial charge in [0.05, 0.1) is 17.7 Å². The molecule has 20 heavy (non-hydrogen) atoms. The van der Waals surface area contributed by atoms with Gasteiger partial charge >= 0.3 is 0 Å². The van der Waals surface area contributed by atoms with E-state index in [-0.39, 0.29) is 23.5 Å². The molecule has 1 amide bonds. The van der Waals surface area contributed by atoms with Crippen LogP contribution in [0.15, 0.2) is 11.7 Å². The number of rotatable bonds is 3. The summed E-state index contributed by atoms with van der Waals surface area (Å²) in [5.74, 6) is -0.0266. The molecule has 1 fully saturated rings. The summed E-state index contributed by atoms with van der Waals surface area (Å²) in [6, 6.07) is -0.245. The highest BCUT2D eigenvalue weighted by molar-refractivity contribution is 7.91. The van der Waals surface area contributed by atoms with E-state index >= 15 is 0 Å². The van der Waals surface area contributed by atoms with Gasteiger partial charge in [0.2, 0.25) is 4.96 Å². The molecule has 108 valence electrons. The van der Waals surface area contributed by atoms with Gasteiger partial charge in [0.1, 0.15) is 11.2 Å². The van der Waals surface area contributed by atoms with E-state index in [9.17, 15) is 13.2 Å². The first-order chi connectivity index (χ1) is 9.50. The van der Waals surface area contributed by atoms with Crippen LogP contribution < -0.4 is 0 Å². The fourth-order valence-electron chi connectivity index (χ4n) is 2.48. The Kier molecular flexibility index (Phi) is 3.25. The summed E-state index contributed by atoms with van der Waals surface area (Å²) in [5, 5.41) is 4.03. The number of fused-ring (bicyclic) bond motifs is 1. The van der Waals surface area contributed by atoms with Crippen molar-refractivity contribution in [2.24, 2.45) is 0 Å². The number of hydrogen-bond acceptors (Lipinski definition) is 6. The number of carbonyl (C=O) groups is 1.